The van der Waals surface area contributed by atoms with Gasteiger partial charge < -0.3 is 9.64 Å². The van der Waals surface area contributed by atoms with Gasteiger partial charge in [-0.3, -0.25) is 4.79 Å². The Morgan fingerprint density at radius 2 is 2.04 bits per heavy atom. The number of aryl methyl sites for hydroxylation is 1. The van der Waals surface area contributed by atoms with E-state index in [4.69, 9.17) is 16.3 Å². The minimum atomic E-state index is -0.00628. The van der Waals surface area contributed by atoms with Crippen LogP contribution in [0.2, 0.25) is 5.02 Å². The summed E-state index contributed by atoms with van der Waals surface area (Å²) in [6.07, 6.45) is 2.18. The van der Waals surface area contributed by atoms with Crippen LogP contribution in [0, 0.1) is 12.3 Å². The molecule has 0 saturated carbocycles. The van der Waals surface area contributed by atoms with Crippen LogP contribution in [-0.4, -0.2) is 28.9 Å². The maximum Gasteiger partial charge on any atom is 0.272 e. The van der Waals surface area contributed by atoms with Crippen molar-refractivity contribution in [2.24, 2.45) is 5.41 Å². The van der Waals surface area contributed by atoms with Crippen molar-refractivity contribution in [3.05, 3.63) is 58.4 Å². The van der Waals surface area contributed by atoms with E-state index < -0.39 is 0 Å². The van der Waals surface area contributed by atoms with Gasteiger partial charge in [-0.1, -0.05) is 43.6 Å². The number of carbonyl (C=O) groups excluding carboxylic acids is 1. The second-order valence-corrected chi connectivity index (χ2v) is 8.06. The standard InChI is InChI=1S/C21H25ClN2O2/c1-15-7-4-10-18(19(15)22)26-13-16-8-5-9-17(23-16)20(25)24-12-6-11-21(2,3)14-24/h4-5,7-10H,6,11-14H2,1-3H3. The van der Waals surface area contributed by atoms with Crippen LogP contribution in [0.25, 0.3) is 0 Å². The van der Waals surface area contributed by atoms with Crippen molar-refractivity contribution in [2.45, 2.75) is 40.2 Å². The van der Waals surface area contributed by atoms with Crippen molar-refractivity contribution >= 4 is 17.5 Å². The first-order valence-corrected chi connectivity index (χ1v) is 9.37. The van der Waals surface area contributed by atoms with Crippen LogP contribution in [-0.2, 0) is 6.61 Å². The number of aromatic nitrogens is 1. The summed E-state index contributed by atoms with van der Waals surface area (Å²) in [6, 6.07) is 11.2. The monoisotopic (exact) mass is 372 g/mol. The number of pyridine rings is 1. The van der Waals surface area contributed by atoms with Crippen LogP contribution in [0.1, 0.15) is 48.4 Å². The van der Waals surface area contributed by atoms with Gasteiger partial charge in [0.15, 0.2) is 0 Å². The van der Waals surface area contributed by atoms with Gasteiger partial charge in [0.2, 0.25) is 0 Å². The number of ether oxygens (including phenoxy) is 1. The molecule has 0 bridgehead atoms. The zero-order valence-corrected chi connectivity index (χ0v) is 16.3. The van der Waals surface area contributed by atoms with Crippen molar-refractivity contribution in [2.75, 3.05) is 13.1 Å². The summed E-state index contributed by atoms with van der Waals surface area (Å²) in [5, 5.41) is 0.607. The highest BCUT2D eigenvalue weighted by Gasteiger charge is 2.30. The number of carbonyl (C=O) groups is 1. The number of piperidine rings is 1. The first-order chi connectivity index (χ1) is 12.4. The summed E-state index contributed by atoms with van der Waals surface area (Å²) in [5.41, 5.74) is 2.31. The van der Waals surface area contributed by atoms with Crippen molar-refractivity contribution in [3.8, 4) is 5.75 Å². The van der Waals surface area contributed by atoms with Gasteiger partial charge in [-0.05, 0) is 48.9 Å². The van der Waals surface area contributed by atoms with E-state index in [1.165, 1.54) is 0 Å². The van der Waals surface area contributed by atoms with Gasteiger partial charge in [-0.25, -0.2) is 4.98 Å². The number of rotatable bonds is 4. The van der Waals surface area contributed by atoms with Crippen LogP contribution >= 0.6 is 11.6 Å². The molecule has 1 aliphatic rings. The Labute approximate surface area is 160 Å². The Morgan fingerprint density at radius 3 is 2.81 bits per heavy atom. The highest BCUT2D eigenvalue weighted by molar-refractivity contribution is 6.32. The molecule has 0 aliphatic carbocycles. The fourth-order valence-corrected chi connectivity index (χ4v) is 3.50. The van der Waals surface area contributed by atoms with Crippen molar-refractivity contribution in [3.63, 3.8) is 0 Å². The number of halogens is 1. The van der Waals surface area contributed by atoms with Gasteiger partial charge in [-0.2, -0.15) is 0 Å². The average molecular weight is 373 g/mol. The van der Waals surface area contributed by atoms with Gasteiger partial charge in [-0.15, -0.1) is 0 Å². The molecule has 0 radical (unpaired) electrons. The SMILES string of the molecule is Cc1cccc(OCc2cccc(C(=O)N3CCCC(C)(C)C3)n2)c1Cl. The molecule has 3 rings (SSSR count). The molecule has 138 valence electrons. The van der Waals surface area contributed by atoms with Crippen LogP contribution in [0.3, 0.4) is 0 Å². The smallest absolute Gasteiger partial charge is 0.272 e. The quantitative estimate of drug-likeness (QED) is 0.767. The third kappa shape index (κ3) is 4.36. The van der Waals surface area contributed by atoms with Gasteiger partial charge in [0.1, 0.15) is 18.1 Å². The highest BCUT2D eigenvalue weighted by Crippen LogP contribution is 2.29. The fourth-order valence-electron chi connectivity index (χ4n) is 3.32. The molecule has 1 fully saturated rings. The Balaban J connectivity index is 1.70. The largest absolute Gasteiger partial charge is 0.486 e. The van der Waals surface area contributed by atoms with Gasteiger partial charge >= 0.3 is 0 Å². The molecular formula is C21H25ClN2O2. The highest BCUT2D eigenvalue weighted by atomic mass is 35.5. The predicted octanol–water partition coefficient (Wildman–Crippen LogP) is 4.88. The third-order valence-electron chi connectivity index (χ3n) is 4.75. The maximum atomic E-state index is 12.8. The van der Waals surface area contributed by atoms with E-state index in [-0.39, 0.29) is 17.9 Å². The molecule has 2 heterocycles. The fraction of sp³-hybridized carbons (Fsp3) is 0.429. The summed E-state index contributed by atoms with van der Waals surface area (Å²) in [7, 11) is 0. The maximum absolute atomic E-state index is 12.8. The average Bonchev–Trinajstić information content (AvgIpc) is 2.62. The molecule has 5 heteroatoms. The first kappa shape index (κ1) is 18.7. The lowest BCUT2D eigenvalue weighted by atomic mass is 9.84. The van der Waals surface area contributed by atoms with Crippen LogP contribution in [0.15, 0.2) is 36.4 Å². The predicted molar refractivity (Wildman–Crippen MR) is 104 cm³/mol. The molecule has 1 amide bonds. The van der Waals surface area contributed by atoms with E-state index in [2.05, 4.69) is 18.8 Å². The van der Waals surface area contributed by atoms with Gasteiger partial charge in [0.05, 0.1) is 10.7 Å². The lowest BCUT2D eigenvalue weighted by Gasteiger charge is -2.37. The Kier molecular flexibility index (Phi) is 5.52. The van der Waals surface area contributed by atoms with Crippen LogP contribution in [0.5, 0.6) is 5.75 Å². The normalized spacial score (nSPS) is 16.4. The molecule has 4 nitrogen and oxygen atoms in total. The van der Waals surface area contributed by atoms with E-state index in [0.717, 1.165) is 31.5 Å². The molecule has 2 aromatic rings. The molecule has 0 atom stereocenters. The second-order valence-electron chi connectivity index (χ2n) is 7.68. The minimum Gasteiger partial charge on any atom is -0.486 e. The molecule has 0 unspecified atom stereocenters. The lowest BCUT2D eigenvalue weighted by molar-refractivity contribution is 0.0577. The molecule has 26 heavy (non-hydrogen) atoms. The van der Waals surface area contributed by atoms with Gasteiger partial charge in [0, 0.05) is 13.1 Å². The number of hydrogen-bond donors (Lipinski definition) is 0. The molecule has 1 saturated heterocycles. The van der Waals surface area contributed by atoms with E-state index in [9.17, 15) is 4.79 Å². The lowest BCUT2D eigenvalue weighted by Crippen LogP contribution is -2.43. The van der Waals surface area contributed by atoms with E-state index in [1.54, 1.807) is 6.07 Å². The molecule has 1 aliphatic heterocycles. The first-order valence-electron chi connectivity index (χ1n) is 8.99. The summed E-state index contributed by atoms with van der Waals surface area (Å²) in [5.74, 6) is 0.621. The number of benzene rings is 1. The topological polar surface area (TPSA) is 42.4 Å². The summed E-state index contributed by atoms with van der Waals surface area (Å²) in [4.78, 5) is 19.2. The summed E-state index contributed by atoms with van der Waals surface area (Å²) in [6.45, 7) is 8.19. The minimum absolute atomic E-state index is 0.00628. The van der Waals surface area contributed by atoms with E-state index in [0.29, 0.717) is 22.2 Å². The van der Waals surface area contributed by atoms with Crippen molar-refractivity contribution < 1.29 is 9.53 Å². The summed E-state index contributed by atoms with van der Waals surface area (Å²) < 4.78 is 5.80. The zero-order valence-electron chi connectivity index (χ0n) is 15.6. The number of amides is 1. The van der Waals surface area contributed by atoms with Crippen molar-refractivity contribution in [1.29, 1.82) is 0 Å². The number of nitrogens with zero attached hydrogens (tertiary/aromatic N) is 2. The third-order valence-corrected chi connectivity index (χ3v) is 5.23. The molecule has 0 N–H and O–H groups in total. The molecular weight excluding hydrogens is 348 g/mol. The molecule has 1 aromatic heterocycles. The van der Waals surface area contributed by atoms with Crippen LogP contribution in [0.4, 0.5) is 0 Å². The second kappa shape index (κ2) is 7.67. The Morgan fingerprint density at radius 1 is 1.27 bits per heavy atom. The van der Waals surface area contributed by atoms with Crippen molar-refractivity contribution in [1.82, 2.24) is 9.88 Å². The van der Waals surface area contributed by atoms with E-state index >= 15 is 0 Å². The Hall–Kier alpha value is -2.07. The molecule has 0 spiro atoms. The van der Waals surface area contributed by atoms with E-state index in [1.807, 2.05) is 42.2 Å². The number of likely N-dealkylation sites (tertiary alicyclic amines) is 1. The summed E-state index contributed by atoms with van der Waals surface area (Å²) >= 11 is 6.26. The number of hydrogen-bond acceptors (Lipinski definition) is 3. The zero-order chi connectivity index (χ0) is 18.7. The van der Waals surface area contributed by atoms with Gasteiger partial charge in [0.25, 0.3) is 5.91 Å². The molecule has 1 aromatic carbocycles. The van der Waals surface area contributed by atoms with Crippen LogP contribution < -0.4 is 4.74 Å². The Bertz CT molecular complexity index is 804.